The number of guanidine groups is 1. The van der Waals surface area contributed by atoms with Gasteiger partial charge in [0.25, 0.3) is 0 Å². The lowest BCUT2D eigenvalue weighted by Gasteiger charge is -2.17. The van der Waals surface area contributed by atoms with Crippen molar-refractivity contribution in [2.24, 2.45) is 4.99 Å². The Hall–Kier alpha value is -1.92. The Morgan fingerprint density at radius 1 is 1.32 bits per heavy atom. The molecular formula is C16H22N4OS. The Morgan fingerprint density at radius 2 is 2.09 bits per heavy atom. The number of rotatable bonds is 6. The maximum atomic E-state index is 9.57. The molecule has 0 fully saturated rings. The fourth-order valence-electron chi connectivity index (χ4n) is 2.11. The van der Waals surface area contributed by atoms with Crippen molar-refractivity contribution in [2.75, 3.05) is 20.2 Å². The number of aliphatic hydroxyl groups is 1. The smallest absolute Gasteiger partial charge is 0.191 e. The number of benzene rings is 1. The van der Waals surface area contributed by atoms with E-state index in [9.17, 15) is 5.11 Å². The zero-order chi connectivity index (χ0) is 15.8. The molecule has 0 spiro atoms. The van der Waals surface area contributed by atoms with Gasteiger partial charge in [-0.2, -0.15) is 0 Å². The number of aliphatic imine (C=N–C) groups is 1. The molecule has 0 aliphatic rings. The van der Waals surface area contributed by atoms with Crippen LogP contribution in [0.4, 0.5) is 0 Å². The van der Waals surface area contributed by atoms with Gasteiger partial charge in [0, 0.05) is 30.6 Å². The topological polar surface area (TPSA) is 69.5 Å². The number of aromatic nitrogens is 1. The average Bonchev–Trinajstić information content (AvgIpc) is 2.97. The molecular weight excluding hydrogens is 296 g/mol. The van der Waals surface area contributed by atoms with E-state index in [0.29, 0.717) is 13.1 Å². The first-order valence-corrected chi connectivity index (χ1v) is 8.06. The third kappa shape index (κ3) is 4.82. The van der Waals surface area contributed by atoms with Crippen LogP contribution in [0.3, 0.4) is 0 Å². The van der Waals surface area contributed by atoms with Crippen molar-refractivity contribution in [3.8, 4) is 0 Å². The maximum absolute atomic E-state index is 9.57. The van der Waals surface area contributed by atoms with Crippen LogP contribution in [0.1, 0.15) is 21.4 Å². The van der Waals surface area contributed by atoms with Gasteiger partial charge in [-0.05, 0) is 12.5 Å². The molecule has 0 radical (unpaired) electrons. The van der Waals surface area contributed by atoms with Crippen molar-refractivity contribution in [3.05, 3.63) is 52.0 Å². The predicted molar refractivity (Wildman–Crippen MR) is 91.3 cm³/mol. The number of aliphatic hydroxyl groups excluding tert-OH is 1. The van der Waals surface area contributed by atoms with Gasteiger partial charge < -0.3 is 15.7 Å². The molecule has 6 heteroatoms. The van der Waals surface area contributed by atoms with E-state index in [2.05, 4.69) is 20.6 Å². The zero-order valence-corrected chi connectivity index (χ0v) is 13.7. The number of hydrogen-bond donors (Lipinski definition) is 3. The number of hydrogen-bond acceptors (Lipinski definition) is 4. The van der Waals surface area contributed by atoms with Gasteiger partial charge in [0.2, 0.25) is 0 Å². The summed E-state index contributed by atoms with van der Waals surface area (Å²) in [5.74, 6) is 0.769. The Balaban J connectivity index is 1.85. The summed E-state index contributed by atoms with van der Waals surface area (Å²) in [6.45, 7) is 3.41. The van der Waals surface area contributed by atoms with Crippen molar-refractivity contribution < 1.29 is 5.11 Å². The second-order valence-corrected chi connectivity index (χ2v) is 6.26. The minimum Gasteiger partial charge on any atom is -0.396 e. The summed E-state index contributed by atoms with van der Waals surface area (Å²) in [6.07, 6.45) is 1.88. The Bertz CT molecular complexity index is 597. The van der Waals surface area contributed by atoms with Gasteiger partial charge in [0.15, 0.2) is 5.96 Å². The van der Waals surface area contributed by atoms with Crippen molar-refractivity contribution in [3.63, 3.8) is 0 Å². The standard InChI is InChI=1S/C16H22N4OS/c1-12-18-9-15(22-12)10-20-16(17-2)19-8-14(11-21)13-6-4-3-5-7-13/h3-7,9,14,21H,8,10-11H2,1-2H3,(H2,17,19,20). The molecule has 1 aromatic heterocycles. The third-order valence-electron chi connectivity index (χ3n) is 3.33. The first kappa shape index (κ1) is 16.5. The molecule has 3 N–H and O–H groups in total. The van der Waals surface area contributed by atoms with Crippen molar-refractivity contribution in [1.29, 1.82) is 0 Å². The van der Waals surface area contributed by atoms with Crippen LogP contribution < -0.4 is 10.6 Å². The summed E-state index contributed by atoms with van der Waals surface area (Å²) < 4.78 is 0. The predicted octanol–water partition coefficient (Wildman–Crippen LogP) is 1.89. The second kappa shape index (κ2) is 8.51. The summed E-state index contributed by atoms with van der Waals surface area (Å²) in [6, 6.07) is 10.00. The number of nitrogens with zero attached hydrogens (tertiary/aromatic N) is 2. The normalized spacial score (nSPS) is 13.0. The molecule has 1 heterocycles. The van der Waals surface area contributed by atoms with Crippen LogP contribution in [0.15, 0.2) is 41.5 Å². The van der Waals surface area contributed by atoms with E-state index in [1.165, 1.54) is 4.88 Å². The van der Waals surface area contributed by atoms with E-state index < -0.39 is 0 Å². The second-order valence-electron chi connectivity index (χ2n) is 4.94. The molecule has 0 amide bonds. The molecule has 118 valence electrons. The van der Waals surface area contributed by atoms with E-state index in [1.54, 1.807) is 18.4 Å². The molecule has 0 saturated heterocycles. The van der Waals surface area contributed by atoms with Gasteiger partial charge >= 0.3 is 0 Å². The van der Waals surface area contributed by atoms with Gasteiger partial charge in [-0.15, -0.1) is 11.3 Å². The van der Waals surface area contributed by atoms with Crippen LogP contribution in [0, 0.1) is 6.92 Å². The first-order chi connectivity index (χ1) is 10.7. The number of nitrogens with one attached hydrogen (secondary N) is 2. The lowest BCUT2D eigenvalue weighted by molar-refractivity contribution is 0.265. The lowest BCUT2D eigenvalue weighted by atomic mass is 10.0. The van der Waals surface area contributed by atoms with Crippen LogP contribution in [-0.4, -0.2) is 36.2 Å². The molecule has 22 heavy (non-hydrogen) atoms. The van der Waals surface area contributed by atoms with Crippen LogP contribution in [0.25, 0.3) is 0 Å². The quantitative estimate of drug-likeness (QED) is 0.562. The molecule has 0 saturated carbocycles. The highest BCUT2D eigenvalue weighted by Crippen LogP contribution is 2.13. The fraction of sp³-hybridized carbons (Fsp3) is 0.375. The van der Waals surface area contributed by atoms with E-state index in [1.807, 2.05) is 43.5 Å². The van der Waals surface area contributed by atoms with Gasteiger partial charge in [-0.3, -0.25) is 4.99 Å². The molecule has 0 aliphatic heterocycles. The lowest BCUT2D eigenvalue weighted by Crippen LogP contribution is -2.39. The fourth-order valence-corrected chi connectivity index (χ4v) is 2.85. The molecule has 1 aromatic carbocycles. The monoisotopic (exact) mass is 318 g/mol. The van der Waals surface area contributed by atoms with Crippen molar-refractivity contribution >= 4 is 17.3 Å². The minimum absolute atomic E-state index is 0.0467. The molecule has 0 aliphatic carbocycles. The Morgan fingerprint density at radius 3 is 2.68 bits per heavy atom. The van der Waals surface area contributed by atoms with Gasteiger partial charge in [-0.1, -0.05) is 30.3 Å². The largest absolute Gasteiger partial charge is 0.396 e. The van der Waals surface area contributed by atoms with E-state index in [-0.39, 0.29) is 12.5 Å². The molecule has 1 unspecified atom stereocenters. The highest BCUT2D eigenvalue weighted by molar-refractivity contribution is 7.11. The van der Waals surface area contributed by atoms with Gasteiger partial charge in [-0.25, -0.2) is 4.98 Å². The molecule has 0 bridgehead atoms. The first-order valence-electron chi connectivity index (χ1n) is 7.24. The van der Waals surface area contributed by atoms with E-state index in [4.69, 9.17) is 0 Å². The summed E-state index contributed by atoms with van der Waals surface area (Å²) in [5, 5.41) is 17.1. The van der Waals surface area contributed by atoms with Crippen molar-refractivity contribution in [1.82, 2.24) is 15.6 Å². The highest BCUT2D eigenvalue weighted by Gasteiger charge is 2.10. The van der Waals surface area contributed by atoms with Crippen LogP contribution in [0.5, 0.6) is 0 Å². The van der Waals surface area contributed by atoms with E-state index in [0.717, 1.165) is 16.5 Å². The maximum Gasteiger partial charge on any atom is 0.191 e. The van der Waals surface area contributed by atoms with Gasteiger partial charge in [0.05, 0.1) is 18.2 Å². The molecule has 2 aromatic rings. The van der Waals surface area contributed by atoms with Crippen LogP contribution in [-0.2, 0) is 6.54 Å². The summed E-state index contributed by atoms with van der Waals surface area (Å²) in [4.78, 5) is 9.61. The Kier molecular flexibility index (Phi) is 6.36. The zero-order valence-electron chi connectivity index (χ0n) is 12.9. The number of aryl methyl sites for hydroxylation is 1. The van der Waals surface area contributed by atoms with Crippen molar-refractivity contribution in [2.45, 2.75) is 19.4 Å². The van der Waals surface area contributed by atoms with Crippen LogP contribution >= 0.6 is 11.3 Å². The molecule has 1 atom stereocenters. The summed E-state index contributed by atoms with van der Waals surface area (Å²) in [5.41, 5.74) is 1.12. The summed E-state index contributed by atoms with van der Waals surface area (Å²) >= 11 is 1.67. The SMILES string of the molecule is CN=C(NCc1cnc(C)s1)NCC(CO)c1ccccc1. The highest BCUT2D eigenvalue weighted by atomic mass is 32.1. The van der Waals surface area contributed by atoms with Crippen LogP contribution in [0.2, 0.25) is 0 Å². The molecule has 2 rings (SSSR count). The summed E-state index contributed by atoms with van der Waals surface area (Å²) in [7, 11) is 1.74. The third-order valence-corrected chi connectivity index (χ3v) is 4.24. The minimum atomic E-state index is 0.0467. The Labute approximate surface area is 135 Å². The number of thiazole rings is 1. The van der Waals surface area contributed by atoms with Gasteiger partial charge in [0.1, 0.15) is 0 Å². The molecule has 5 nitrogen and oxygen atoms in total. The van der Waals surface area contributed by atoms with E-state index >= 15 is 0 Å². The average molecular weight is 318 g/mol.